The Morgan fingerprint density at radius 1 is 1.36 bits per heavy atom. The number of hydrogen-bond donors (Lipinski definition) is 0. The van der Waals surface area contributed by atoms with E-state index in [-0.39, 0.29) is 22.4 Å². The quantitative estimate of drug-likeness (QED) is 0.332. The van der Waals surface area contributed by atoms with Gasteiger partial charge in [0.15, 0.2) is 0 Å². The van der Waals surface area contributed by atoms with E-state index in [2.05, 4.69) is 3.97 Å². The predicted molar refractivity (Wildman–Crippen MR) is 44.1 cm³/mol. The van der Waals surface area contributed by atoms with Crippen LogP contribution in [0.1, 0.15) is 19.8 Å². The van der Waals surface area contributed by atoms with Crippen LogP contribution in [-0.4, -0.2) is 20.1 Å². The fraction of sp³-hybridized carbons (Fsp3) is 1.00. The second kappa shape index (κ2) is 7.19. The zero-order valence-corrected chi connectivity index (χ0v) is 10.5. The molecule has 1 atom stereocenters. The molecule has 9 heteroatoms. The first-order valence-electron chi connectivity index (χ1n) is 3.54. The normalized spacial score (nSPS) is 13.1. The molecule has 0 rings (SSSR count). The summed E-state index contributed by atoms with van der Waals surface area (Å²) in [6.45, 7) is 1.85. The second-order valence-electron chi connectivity index (χ2n) is 2.23. The minimum Gasteiger partial charge on any atom is -0.244 e. The molecule has 3 nitrogen and oxygen atoms in total. The zero-order chi connectivity index (χ0) is 10.5. The van der Waals surface area contributed by atoms with Gasteiger partial charge >= 0.3 is 15.6 Å². The van der Waals surface area contributed by atoms with Gasteiger partial charge in [-0.15, -0.1) is 0 Å². The Labute approximate surface area is 98.3 Å². The largest absolute Gasteiger partial charge is 0.523 e. The van der Waals surface area contributed by atoms with E-state index in [1.54, 1.807) is 0 Å². The van der Waals surface area contributed by atoms with Gasteiger partial charge in [0.1, 0.15) is 0 Å². The number of alkyl halides is 3. The van der Waals surface area contributed by atoms with Gasteiger partial charge in [-0.1, -0.05) is 13.3 Å². The van der Waals surface area contributed by atoms with Gasteiger partial charge < -0.3 is 0 Å². The van der Waals surface area contributed by atoms with Crippen molar-refractivity contribution in [2.45, 2.75) is 25.3 Å². The summed E-state index contributed by atoms with van der Waals surface area (Å²) >= 11 is 0. The SMILES string of the molecule is CCCCPOS(=O)(=O)C(F)(F)F.[Ag]. The Balaban J connectivity index is 0. The molecular weight excluding hydrogens is 336 g/mol. The van der Waals surface area contributed by atoms with Crippen molar-refractivity contribution in [1.29, 1.82) is 0 Å². The molecule has 0 aromatic carbocycles. The summed E-state index contributed by atoms with van der Waals surface area (Å²) in [6, 6.07) is 0. The summed E-state index contributed by atoms with van der Waals surface area (Å²) < 4.78 is 59.2. The summed E-state index contributed by atoms with van der Waals surface area (Å²) in [5, 5.41) is 0. The van der Waals surface area contributed by atoms with E-state index in [1.807, 2.05) is 6.92 Å². The molecule has 0 aromatic rings. The van der Waals surface area contributed by atoms with Gasteiger partial charge in [0.05, 0.1) is 0 Å². The molecule has 0 bridgehead atoms. The maximum atomic E-state index is 11.6. The molecule has 0 aliphatic rings. The van der Waals surface area contributed by atoms with Crippen LogP contribution in [0.4, 0.5) is 13.2 Å². The van der Waals surface area contributed by atoms with Gasteiger partial charge in [0.2, 0.25) is 0 Å². The molecule has 0 aromatic heterocycles. The van der Waals surface area contributed by atoms with E-state index in [9.17, 15) is 21.6 Å². The molecule has 0 N–H and O–H groups in total. The second-order valence-corrected chi connectivity index (χ2v) is 5.06. The van der Waals surface area contributed by atoms with Crippen molar-refractivity contribution in [1.82, 2.24) is 0 Å². The van der Waals surface area contributed by atoms with Crippen molar-refractivity contribution in [2.75, 3.05) is 6.16 Å². The van der Waals surface area contributed by atoms with Crippen molar-refractivity contribution in [2.24, 2.45) is 0 Å². The van der Waals surface area contributed by atoms with Crippen LogP contribution >= 0.6 is 8.81 Å². The van der Waals surface area contributed by atoms with Gasteiger partial charge in [0.25, 0.3) is 0 Å². The number of unbranched alkanes of at least 4 members (excludes halogenated alkanes) is 1. The van der Waals surface area contributed by atoms with E-state index in [0.717, 1.165) is 6.42 Å². The summed E-state index contributed by atoms with van der Waals surface area (Å²) in [4.78, 5) is 0. The molecule has 0 saturated heterocycles. The van der Waals surface area contributed by atoms with Crippen LogP contribution < -0.4 is 0 Å². The smallest absolute Gasteiger partial charge is 0.244 e. The number of hydrogen-bond acceptors (Lipinski definition) is 3. The van der Waals surface area contributed by atoms with E-state index in [1.165, 1.54) is 0 Å². The van der Waals surface area contributed by atoms with Crippen molar-refractivity contribution in [3.63, 3.8) is 0 Å². The van der Waals surface area contributed by atoms with Crippen LogP contribution in [0.15, 0.2) is 0 Å². The predicted octanol–water partition coefficient (Wildman–Crippen LogP) is 2.24. The molecule has 0 aliphatic carbocycles. The molecule has 0 heterocycles. The molecule has 0 saturated carbocycles. The number of halogens is 3. The third-order valence-corrected chi connectivity index (χ3v) is 3.56. The molecule has 91 valence electrons. The molecule has 0 spiro atoms. The molecule has 0 fully saturated rings. The Bertz CT molecular complexity index is 241. The van der Waals surface area contributed by atoms with Crippen molar-refractivity contribution in [3.05, 3.63) is 0 Å². The summed E-state index contributed by atoms with van der Waals surface area (Å²) in [7, 11) is -6.01. The topological polar surface area (TPSA) is 43.4 Å². The number of rotatable bonds is 5. The van der Waals surface area contributed by atoms with E-state index < -0.39 is 24.4 Å². The van der Waals surface area contributed by atoms with E-state index in [4.69, 9.17) is 0 Å². The van der Waals surface area contributed by atoms with Gasteiger partial charge in [0, 0.05) is 31.2 Å². The molecule has 0 aliphatic heterocycles. The van der Waals surface area contributed by atoms with E-state index >= 15 is 0 Å². The van der Waals surface area contributed by atoms with Gasteiger partial charge in [-0.2, -0.15) is 21.6 Å². The van der Waals surface area contributed by atoms with Crippen LogP contribution in [0.5, 0.6) is 0 Å². The maximum absolute atomic E-state index is 11.6. The molecule has 0 amide bonds. The van der Waals surface area contributed by atoms with Crippen molar-refractivity contribution >= 4 is 18.9 Å². The third kappa shape index (κ3) is 6.37. The Kier molecular flexibility index (Phi) is 8.88. The van der Waals surface area contributed by atoms with Gasteiger partial charge in [-0.25, -0.2) is 3.97 Å². The average Bonchev–Trinajstić information content (AvgIpc) is 1.96. The molecule has 1 radical (unpaired) electrons. The first-order valence-corrected chi connectivity index (χ1v) is 6.06. The van der Waals surface area contributed by atoms with Crippen molar-refractivity contribution in [3.8, 4) is 0 Å². The van der Waals surface area contributed by atoms with Crippen molar-refractivity contribution < 1.29 is 47.9 Å². The van der Waals surface area contributed by atoms with Gasteiger partial charge in [-0.05, 0) is 12.6 Å². The first-order chi connectivity index (χ1) is 5.81. The van der Waals surface area contributed by atoms with Crippen LogP contribution in [0.3, 0.4) is 0 Å². The third-order valence-electron chi connectivity index (χ3n) is 1.08. The Hall–Kier alpha value is 0.870. The zero-order valence-electron chi connectivity index (χ0n) is 7.19. The summed E-state index contributed by atoms with van der Waals surface area (Å²) in [5.74, 6) is 0. The maximum Gasteiger partial charge on any atom is 0.523 e. The van der Waals surface area contributed by atoms with Crippen LogP contribution in [-0.2, 0) is 36.5 Å². The molecular formula is C5H10AgF3O3PS. The van der Waals surface area contributed by atoms with Crippen LogP contribution in [0.2, 0.25) is 0 Å². The standard InChI is InChI=1S/C5H10F3O3PS.Ag/c1-2-3-4-12-11-13(9,10)5(6,7)8;/h12H,2-4H2,1H3;. The monoisotopic (exact) mass is 345 g/mol. The Morgan fingerprint density at radius 3 is 2.21 bits per heavy atom. The molecule has 14 heavy (non-hydrogen) atoms. The fourth-order valence-electron chi connectivity index (χ4n) is 0.415. The van der Waals surface area contributed by atoms with E-state index in [0.29, 0.717) is 12.6 Å². The fourth-order valence-corrected chi connectivity index (χ4v) is 2.25. The minimum absolute atomic E-state index is 0. The first kappa shape index (κ1) is 17.3. The van der Waals surface area contributed by atoms with Gasteiger partial charge in [-0.3, -0.25) is 0 Å². The average molecular weight is 346 g/mol. The van der Waals surface area contributed by atoms with Crippen LogP contribution in [0, 0.1) is 0 Å². The van der Waals surface area contributed by atoms with Crippen LogP contribution in [0.25, 0.3) is 0 Å². The summed E-state index contributed by atoms with van der Waals surface area (Å²) in [6.07, 6.45) is 1.79. The molecule has 1 unspecified atom stereocenters. The minimum atomic E-state index is -5.37. The Morgan fingerprint density at radius 2 is 1.86 bits per heavy atom. The summed E-state index contributed by atoms with van der Waals surface area (Å²) in [5.41, 5.74) is -5.30.